The largest absolute Gasteiger partial charge is 0.456 e. The van der Waals surface area contributed by atoms with E-state index in [4.69, 9.17) is 18.9 Å². The van der Waals surface area contributed by atoms with Crippen LogP contribution in [0.4, 0.5) is 10.3 Å². The van der Waals surface area contributed by atoms with Crippen LogP contribution in [-0.2, 0) is 33.3 Å². The number of nitrogens with zero attached hydrogens (tertiary/aromatic N) is 3. The first-order valence-electron chi connectivity index (χ1n) is 8.06. The molecule has 0 amide bonds. The Morgan fingerprint density at radius 3 is 2.18 bits per heavy atom. The third kappa shape index (κ3) is 4.60. The minimum atomic E-state index is -1.48. The van der Waals surface area contributed by atoms with E-state index in [2.05, 4.69) is 4.98 Å². The molecule has 0 bridgehead atoms. The average Bonchev–Trinajstić information content (AvgIpc) is 3.06. The maximum atomic E-state index is 13.6. The molecule has 28 heavy (non-hydrogen) atoms. The number of alkyl halides is 1. The lowest BCUT2D eigenvalue weighted by molar-refractivity contribution is -0.400. The zero-order valence-electron chi connectivity index (χ0n) is 15.1. The second kappa shape index (κ2) is 8.73. The van der Waals surface area contributed by atoms with Crippen LogP contribution >= 0.6 is 0 Å². The second-order valence-electron chi connectivity index (χ2n) is 5.83. The van der Waals surface area contributed by atoms with Crippen molar-refractivity contribution in [3.63, 3.8) is 0 Å². The first-order valence-corrected chi connectivity index (χ1v) is 8.06. The monoisotopic (exact) mass is 403 g/mol. The number of imidazole rings is 1. The highest BCUT2D eigenvalue weighted by Crippen LogP contribution is 2.36. The molecule has 0 N–H and O–H groups in total. The third-order valence-electron chi connectivity index (χ3n) is 3.75. The van der Waals surface area contributed by atoms with Gasteiger partial charge in [-0.15, -0.1) is 0 Å². The van der Waals surface area contributed by atoms with Gasteiger partial charge in [-0.3, -0.25) is 14.4 Å². The number of hydrogen-bond donors (Lipinski definition) is 0. The van der Waals surface area contributed by atoms with Crippen LogP contribution in [0.2, 0.25) is 0 Å². The first kappa shape index (κ1) is 21.2. The smallest absolute Gasteiger partial charge is 0.436 e. The van der Waals surface area contributed by atoms with Crippen molar-refractivity contribution < 1.29 is 42.6 Å². The highest BCUT2D eigenvalue weighted by atomic mass is 19.1. The number of nitro groups is 1. The molecule has 2 heterocycles. The molecule has 154 valence electrons. The summed E-state index contributed by atoms with van der Waals surface area (Å²) in [7, 11) is 0. The van der Waals surface area contributed by atoms with E-state index in [1.807, 2.05) is 0 Å². The van der Waals surface area contributed by atoms with Crippen molar-refractivity contribution in [3.05, 3.63) is 22.5 Å². The van der Waals surface area contributed by atoms with Gasteiger partial charge < -0.3 is 29.1 Å². The van der Waals surface area contributed by atoms with Crippen molar-refractivity contribution in [2.45, 2.75) is 51.4 Å². The first-order chi connectivity index (χ1) is 13.1. The van der Waals surface area contributed by atoms with Crippen LogP contribution in [0, 0.1) is 10.1 Å². The Kier molecular flexibility index (Phi) is 6.62. The number of esters is 3. The van der Waals surface area contributed by atoms with Crippen molar-refractivity contribution in [1.82, 2.24) is 9.55 Å². The van der Waals surface area contributed by atoms with E-state index >= 15 is 0 Å². The van der Waals surface area contributed by atoms with Gasteiger partial charge in [-0.05, 0) is 4.92 Å². The van der Waals surface area contributed by atoms with Crippen molar-refractivity contribution in [1.29, 1.82) is 0 Å². The summed E-state index contributed by atoms with van der Waals surface area (Å²) < 4.78 is 35.4. The van der Waals surface area contributed by atoms with Crippen molar-refractivity contribution in [3.8, 4) is 0 Å². The van der Waals surface area contributed by atoms with Gasteiger partial charge in [0.25, 0.3) is 0 Å². The van der Waals surface area contributed by atoms with Gasteiger partial charge in [-0.25, -0.2) is 4.39 Å². The maximum Gasteiger partial charge on any atom is 0.436 e. The Balaban J connectivity index is 2.55. The zero-order valence-corrected chi connectivity index (χ0v) is 15.1. The summed E-state index contributed by atoms with van der Waals surface area (Å²) in [5, 5.41) is 11.2. The van der Waals surface area contributed by atoms with Crippen LogP contribution in [-0.4, -0.2) is 63.5 Å². The molecule has 2 rings (SSSR count). The average molecular weight is 403 g/mol. The quantitative estimate of drug-likeness (QED) is 0.283. The molecule has 0 radical (unpaired) electrons. The highest BCUT2D eigenvalue weighted by Gasteiger charge is 2.54. The summed E-state index contributed by atoms with van der Waals surface area (Å²) in [6, 6.07) is 0. The molecule has 1 aromatic rings. The van der Waals surface area contributed by atoms with E-state index in [0.29, 0.717) is 0 Å². The molecule has 3 unspecified atom stereocenters. The molecule has 1 aliphatic rings. The molecule has 0 spiro atoms. The van der Waals surface area contributed by atoms with Crippen molar-refractivity contribution in [2.24, 2.45) is 0 Å². The van der Waals surface area contributed by atoms with Gasteiger partial charge in [0.15, 0.2) is 12.2 Å². The second-order valence-corrected chi connectivity index (χ2v) is 5.83. The Labute approximate surface area is 157 Å². The summed E-state index contributed by atoms with van der Waals surface area (Å²) in [4.78, 5) is 48.6. The van der Waals surface area contributed by atoms with E-state index in [-0.39, 0.29) is 0 Å². The summed E-state index contributed by atoms with van der Waals surface area (Å²) >= 11 is 0. The molecule has 1 aromatic heterocycles. The Hall–Kier alpha value is -3.09. The third-order valence-corrected chi connectivity index (χ3v) is 3.75. The van der Waals surface area contributed by atoms with Crippen LogP contribution in [0.3, 0.4) is 0 Å². The number of hydrogen-bond acceptors (Lipinski definition) is 10. The Morgan fingerprint density at radius 2 is 1.68 bits per heavy atom. The minimum Gasteiger partial charge on any atom is -0.456 e. The van der Waals surface area contributed by atoms with E-state index in [9.17, 15) is 28.9 Å². The van der Waals surface area contributed by atoms with Gasteiger partial charge >= 0.3 is 23.9 Å². The van der Waals surface area contributed by atoms with Crippen LogP contribution in [0.25, 0.3) is 0 Å². The van der Waals surface area contributed by atoms with Gasteiger partial charge in [0.1, 0.15) is 25.2 Å². The highest BCUT2D eigenvalue weighted by molar-refractivity contribution is 5.68. The molecule has 1 saturated heterocycles. The minimum absolute atomic E-state index is 0.674. The van der Waals surface area contributed by atoms with E-state index in [1.54, 1.807) is 0 Å². The summed E-state index contributed by atoms with van der Waals surface area (Å²) in [5.74, 6) is -3.17. The molecule has 12 nitrogen and oxygen atoms in total. The lowest BCUT2D eigenvalue weighted by Gasteiger charge is -2.42. The molecule has 0 saturated carbocycles. The number of halogens is 1. The number of carbonyl (C=O) groups excluding carboxylic acids is 3. The van der Waals surface area contributed by atoms with Gasteiger partial charge in [-0.2, -0.15) is 4.57 Å². The predicted octanol–water partition coefficient (Wildman–Crippen LogP) is 0.453. The van der Waals surface area contributed by atoms with E-state index in [0.717, 1.165) is 37.7 Å². The number of ether oxygens (including phenoxy) is 4. The predicted molar refractivity (Wildman–Crippen MR) is 85.4 cm³/mol. The van der Waals surface area contributed by atoms with Gasteiger partial charge in [-0.1, -0.05) is 4.98 Å². The topological polar surface area (TPSA) is 149 Å². The SMILES string of the molecule is CC(=O)OC1C(OC(C)=O)[C@@H](n2ccnc2[N+](=O)[O-])OC(CF)[C@@H]1OC(C)=O. The van der Waals surface area contributed by atoms with Gasteiger partial charge in [0, 0.05) is 20.8 Å². The molecule has 1 aliphatic heterocycles. The zero-order chi connectivity index (χ0) is 21.0. The van der Waals surface area contributed by atoms with Crippen LogP contribution in [0.1, 0.15) is 27.0 Å². The maximum absolute atomic E-state index is 13.6. The van der Waals surface area contributed by atoms with E-state index in [1.165, 1.54) is 0 Å². The molecular weight excluding hydrogens is 385 g/mol. The number of aromatic nitrogens is 2. The Bertz CT molecular complexity index is 768. The fraction of sp³-hybridized carbons (Fsp3) is 0.600. The summed E-state index contributed by atoms with van der Waals surface area (Å²) in [5.41, 5.74) is 0. The van der Waals surface area contributed by atoms with E-state index < -0.39 is 66.1 Å². The molecule has 13 heteroatoms. The van der Waals surface area contributed by atoms with Crippen LogP contribution in [0.5, 0.6) is 0 Å². The van der Waals surface area contributed by atoms with Crippen molar-refractivity contribution >= 4 is 23.9 Å². The normalized spacial score (nSPS) is 26.9. The number of rotatable bonds is 6. The van der Waals surface area contributed by atoms with Gasteiger partial charge in [0.05, 0.1) is 0 Å². The molecular formula is C15H18FN3O9. The fourth-order valence-corrected chi connectivity index (χ4v) is 2.87. The summed E-state index contributed by atoms with van der Waals surface area (Å²) in [6.07, 6.45) is -5.08. The lowest BCUT2D eigenvalue weighted by atomic mass is 9.97. The molecule has 5 atom stereocenters. The lowest BCUT2D eigenvalue weighted by Crippen LogP contribution is -2.60. The Morgan fingerprint density at radius 1 is 1.14 bits per heavy atom. The summed E-state index contributed by atoms with van der Waals surface area (Å²) in [6.45, 7) is 1.96. The fourth-order valence-electron chi connectivity index (χ4n) is 2.87. The molecule has 0 aromatic carbocycles. The van der Waals surface area contributed by atoms with Crippen LogP contribution in [0.15, 0.2) is 12.4 Å². The standard InChI is InChI=1S/C15H18FN3O9/c1-7(20)25-11-10(6-16)28-14(18-5-4-17-15(18)19(23)24)13(27-9(3)22)12(11)26-8(2)21/h4-5,10-14H,6H2,1-3H3/t10?,11-,12?,13?,14-/m0/s1. The van der Waals surface area contributed by atoms with Crippen molar-refractivity contribution in [2.75, 3.05) is 6.67 Å². The van der Waals surface area contributed by atoms with Crippen LogP contribution < -0.4 is 0 Å². The number of carbonyl (C=O) groups is 3. The van der Waals surface area contributed by atoms with Gasteiger partial charge in [0.2, 0.25) is 12.3 Å². The molecule has 0 aliphatic carbocycles. The molecule has 1 fully saturated rings.